The maximum atomic E-state index is 13.6. The van der Waals surface area contributed by atoms with Gasteiger partial charge in [-0.2, -0.15) is 0 Å². The van der Waals surface area contributed by atoms with Crippen molar-refractivity contribution < 1.29 is 64.2 Å². The molecule has 2 saturated heterocycles. The number of hydrogen-bond donors (Lipinski definition) is 8. The van der Waals surface area contributed by atoms with Crippen molar-refractivity contribution in [2.75, 3.05) is 13.2 Å². The summed E-state index contributed by atoms with van der Waals surface area (Å²) in [6, 6.07) is 7.47. The molecule has 0 spiro atoms. The van der Waals surface area contributed by atoms with E-state index in [0.717, 1.165) is 12.1 Å². The summed E-state index contributed by atoms with van der Waals surface area (Å²) in [6.45, 7) is -1.08. The van der Waals surface area contributed by atoms with Crippen LogP contribution in [0.3, 0.4) is 0 Å². The Balaban J connectivity index is 1.57. The molecule has 0 unspecified atom stereocenters. The molecule has 8 atom stereocenters. The summed E-state index contributed by atoms with van der Waals surface area (Å²) < 4.78 is 28.1. The van der Waals surface area contributed by atoms with Crippen molar-refractivity contribution >= 4 is 11.0 Å². The fraction of sp³-hybridized carbons (Fsp3) is 0.400. The van der Waals surface area contributed by atoms with Crippen LogP contribution in [-0.4, -0.2) is 103 Å². The van der Waals surface area contributed by atoms with Gasteiger partial charge in [0.1, 0.15) is 58.7 Å². The Morgan fingerprint density at radius 3 is 2.31 bits per heavy atom. The van der Waals surface area contributed by atoms with Crippen LogP contribution in [0, 0.1) is 0 Å². The molecule has 0 aliphatic carbocycles. The number of phenolic OH excluding ortho intramolecular Hbond substituents is 3. The molecule has 0 saturated carbocycles. The molecular formula is C25H26O14. The van der Waals surface area contributed by atoms with Crippen LogP contribution in [0.4, 0.5) is 0 Å². The molecule has 3 aromatic rings. The van der Waals surface area contributed by atoms with E-state index in [1.54, 1.807) is 0 Å². The van der Waals surface area contributed by atoms with Gasteiger partial charge in [-0.1, -0.05) is 0 Å². The van der Waals surface area contributed by atoms with Crippen LogP contribution in [0.2, 0.25) is 0 Å². The Kier molecular flexibility index (Phi) is 7.37. The molecule has 14 heteroatoms. The van der Waals surface area contributed by atoms with Crippen molar-refractivity contribution in [3.05, 3.63) is 46.6 Å². The first kappa shape index (κ1) is 27.1. The van der Waals surface area contributed by atoms with Crippen LogP contribution in [0.25, 0.3) is 22.3 Å². The van der Waals surface area contributed by atoms with Gasteiger partial charge < -0.3 is 64.2 Å². The van der Waals surface area contributed by atoms with Gasteiger partial charge >= 0.3 is 0 Å². The van der Waals surface area contributed by atoms with Crippen molar-refractivity contribution in [1.82, 2.24) is 0 Å². The molecule has 0 bridgehead atoms. The van der Waals surface area contributed by atoms with Gasteiger partial charge in [0.05, 0.1) is 13.2 Å². The first-order chi connectivity index (χ1) is 18.6. The largest absolute Gasteiger partial charge is 0.508 e. The number of rotatable bonds is 6. The summed E-state index contributed by atoms with van der Waals surface area (Å²) >= 11 is 0. The van der Waals surface area contributed by atoms with E-state index in [9.17, 15) is 45.6 Å². The van der Waals surface area contributed by atoms with Crippen molar-refractivity contribution in [1.29, 1.82) is 0 Å². The second-order valence-corrected chi connectivity index (χ2v) is 9.16. The number of aromatic hydroxyl groups is 3. The summed E-state index contributed by atoms with van der Waals surface area (Å²) in [5.74, 6) is -1.79. The van der Waals surface area contributed by atoms with Gasteiger partial charge in [-0.25, -0.2) is 0 Å². The van der Waals surface area contributed by atoms with Gasteiger partial charge in [0.2, 0.25) is 17.5 Å². The monoisotopic (exact) mass is 550 g/mol. The van der Waals surface area contributed by atoms with Gasteiger partial charge in [-0.3, -0.25) is 4.79 Å². The molecule has 39 heavy (non-hydrogen) atoms. The van der Waals surface area contributed by atoms with Crippen LogP contribution >= 0.6 is 0 Å². The van der Waals surface area contributed by atoms with E-state index in [4.69, 9.17) is 23.4 Å². The third-order valence-corrected chi connectivity index (χ3v) is 6.50. The van der Waals surface area contributed by atoms with E-state index in [-0.39, 0.29) is 33.8 Å². The predicted molar refractivity (Wildman–Crippen MR) is 128 cm³/mol. The van der Waals surface area contributed by atoms with E-state index < -0.39 is 79.3 Å². The number of aliphatic hydroxyl groups excluding tert-OH is 5. The van der Waals surface area contributed by atoms with Crippen LogP contribution in [-0.2, 0) is 14.2 Å². The molecule has 0 radical (unpaired) electrons. The highest BCUT2D eigenvalue weighted by Gasteiger charge is 2.50. The zero-order valence-corrected chi connectivity index (χ0v) is 20.0. The second kappa shape index (κ2) is 10.6. The van der Waals surface area contributed by atoms with Crippen LogP contribution in [0.1, 0.15) is 0 Å². The molecule has 2 aromatic carbocycles. The lowest BCUT2D eigenvalue weighted by Crippen LogP contribution is -2.56. The van der Waals surface area contributed by atoms with E-state index >= 15 is 0 Å². The highest BCUT2D eigenvalue weighted by Crippen LogP contribution is 2.38. The van der Waals surface area contributed by atoms with Gasteiger partial charge in [0, 0.05) is 17.7 Å². The predicted octanol–water partition coefficient (Wildman–Crippen LogP) is -1.14. The Morgan fingerprint density at radius 2 is 1.62 bits per heavy atom. The van der Waals surface area contributed by atoms with E-state index in [1.165, 1.54) is 24.3 Å². The molecular weight excluding hydrogens is 524 g/mol. The SMILES string of the molecule is O=c1c(O[C@H]2O[C@@H](CO)[C@@H](O)[C@H]2O[C@@H]2OC[C@@H](O)[C@@H](O)[C@H]2O)c(-c2ccc(O)cc2)oc2cc(O)cc(O)c12. The summed E-state index contributed by atoms with van der Waals surface area (Å²) in [5.41, 5.74) is -0.844. The van der Waals surface area contributed by atoms with Crippen molar-refractivity contribution in [3.8, 4) is 34.3 Å². The summed E-state index contributed by atoms with van der Waals surface area (Å²) in [6.07, 6.45) is -12.2. The van der Waals surface area contributed by atoms with Gasteiger partial charge in [-0.05, 0) is 24.3 Å². The van der Waals surface area contributed by atoms with E-state index in [0.29, 0.717) is 0 Å². The lowest BCUT2D eigenvalue weighted by molar-refractivity contribution is -0.298. The van der Waals surface area contributed by atoms with Crippen LogP contribution in [0.15, 0.2) is 45.6 Å². The molecule has 3 heterocycles. The van der Waals surface area contributed by atoms with Crippen molar-refractivity contribution in [3.63, 3.8) is 0 Å². The highest BCUT2D eigenvalue weighted by atomic mass is 16.8. The average molecular weight is 550 g/mol. The van der Waals surface area contributed by atoms with E-state index in [1.807, 2.05) is 0 Å². The fourth-order valence-corrected chi connectivity index (χ4v) is 4.44. The second-order valence-electron chi connectivity index (χ2n) is 9.16. The maximum absolute atomic E-state index is 13.6. The minimum atomic E-state index is -1.72. The first-order valence-corrected chi connectivity index (χ1v) is 11.8. The minimum Gasteiger partial charge on any atom is -0.508 e. The molecule has 1 aromatic heterocycles. The molecule has 2 aliphatic rings. The van der Waals surface area contributed by atoms with E-state index in [2.05, 4.69) is 0 Å². The highest BCUT2D eigenvalue weighted by molar-refractivity contribution is 5.88. The Labute approximate surface area is 219 Å². The molecule has 14 nitrogen and oxygen atoms in total. The number of hydrogen-bond acceptors (Lipinski definition) is 14. The number of phenols is 3. The Morgan fingerprint density at radius 1 is 0.897 bits per heavy atom. The fourth-order valence-electron chi connectivity index (χ4n) is 4.44. The van der Waals surface area contributed by atoms with Crippen LogP contribution in [0.5, 0.6) is 23.0 Å². The quantitative estimate of drug-likeness (QED) is 0.181. The Bertz CT molecular complexity index is 1390. The molecule has 8 N–H and O–H groups in total. The van der Waals surface area contributed by atoms with Crippen LogP contribution < -0.4 is 10.2 Å². The zero-order chi connectivity index (χ0) is 28.0. The third-order valence-electron chi connectivity index (χ3n) is 6.50. The average Bonchev–Trinajstić information content (AvgIpc) is 3.19. The molecule has 0 amide bonds. The zero-order valence-electron chi connectivity index (χ0n) is 20.0. The Hall–Kier alpha value is -3.47. The number of aliphatic hydroxyl groups is 5. The summed E-state index contributed by atoms with van der Waals surface area (Å²) in [5, 5.41) is 80.0. The van der Waals surface area contributed by atoms with Gasteiger partial charge in [-0.15, -0.1) is 0 Å². The first-order valence-electron chi connectivity index (χ1n) is 11.8. The normalized spacial score (nSPS) is 31.0. The standard InChI is InChI=1S/C25H26O14/c26-7-15-18(32)23(39-24-20(34)17(31)13(30)8-35-24)25(37-15)38-22-19(33)16-12(29)5-11(28)6-14(16)36-21(22)9-1-3-10(27)4-2-9/h1-6,13,15,17-18,20,23-32,34H,7-8H2/t13-,15+,17-,18-,20-,23-,24+,25-/m1/s1. The smallest absolute Gasteiger partial charge is 0.239 e. The topological polar surface area (TPSA) is 229 Å². The number of ether oxygens (including phenoxy) is 4. The number of fused-ring (bicyclic) bond motifs is 1. The van der Waals surface area contributed by atoms with Crippen molar-refractivity contribution in [2.24, 2.45) is 0 Å². The lowest BCUT2D eigenvalue weighted by atomic mass is 10.1. The van der Waals surface area contributed by atoms with Crippen molar-refractivity contribution in [2.45, 2.75) is 49.2 Å². The molecule has 5 rings (SSSR count). The lowest BCUT2D eigenvalue weighted by Gasteiger charge is -2.37. The summed E-state index contributed by atoms with van der Waals surface area (Å²) in [4.78, 5) is 13.6. The minimum absolute atomic E-state index is 0.0838. The third kappa shape index (κ3) is 4.99. The summed E-state index contributed by atoms with van der Waals surface area (Å²) in [7, 11) is 0. The molecule has 2 aliphatic heterocycles. The van der Waals surface area contributed by atoms with Gasteiger partial charge in [0.25, 0.3) is 0 Å². The number of benzene rings is 2. The maximum Gasteiger partial charge on any atom is 0.239 e. The van der Waals surface area contributed by atoms with Gasteiger partial charge in [0.15, 0.2) is 18.2 Å². The molecule has 2 fully saturated rings. The molecule has 210 valence electrons.